The first-order valence-electron chi connectivity index (χ1n) is 12.6. The molecule has 198 valence electrons. The monoisotopic (exact) mass is 525 g/mol. The van der Waals surface area contributed by atoms with E-state index in [9.17, 15) is 22.8 Å². The van der Waals surface area contributed by atoms with Gasteiger partial charge < -0.3 is 10.4 Å². The van der Waals surface area contributed by atoms with Crippen molar-refractivity contribution in [1.82, 2.24) is 0 Å². The number of nitrogens with zero attached hydrogens (tertiary/aromatic N) is 2. The highest BCUT2D eigenvalue weighted by Crippen LogP contribution is 2.38. The van der Waals surface area contributed by atoms with Gasteiger partial charge in [0.25, 0.3) is 5.91 Å². The number of rotatable bonds is 6. The summed E-state index contributed by atoms with van der Waals surface area (Å²) >= 11 is 0. The number of fused-ring (bicyclic) bond motifs is 1. The zero-order chi connectivity index (χ0) is 26.9. The van der Waals surface area contributed by atoms with Crippen LogP contribution in [0.4, 0.5) is 24.5 Å². The van der Waals surface area contributed by atoms with Gasteiger partial charge in [-0.1, -0.05) is 24.3 Å². The maximum absolute atomic E-state index is 13.3. The van der Waals surface area contributed by atoms with Crippen LogP contribution in [0.3, 0.4) is 0 Å². The van der Waals surface area contributed by atoms with E-state index in [4.69, 9.17) is 5.11 Å². The number of para-hydroxylation sites is 1. The fourth-order valence-electron chi connectivity index (χ4n) is 5.34. The maximum atomic E-state index is 13.3. The van der Waals surface area contributed by atoms with E-state index in [1.165, 1.54) is 23.8 Å². The lowest BCUT2D eigenvalue weighted by Gasteiger charge is -2.29. The van der Waals surface area contributed by atoms with Crippen LogP contribution in [0.5, 0.6) is 0 Å². The summed E-state index contributed by atoms with van der Waals surface area (Å²) in [7, 11) is 0. The minimum atomic E-state index is -4.58. The number of nitrogens with one attached hydrogen (secondary N) is 2. The summed E-state index contributed by atoms with van der Waals surface area (Å²) in [5.41, 5.74) is 1.07. The molecule has 1 amide bonds. The summed E-state index contributed by atoms with van der Waals surface area (Å²) in [5.74, 6) is -0.112. The maximum Gasteiger partial charge on any atom is 0.418 e. The SMILES string of the molecule is O=C(O)CC1CCC(c2ccc(N3C=CC4=NC(C(=O)Nc5ccccc5C(F)(F)F)=C[NH+]4C3)cc2)CC1. The Kier molecular flexibility index (Phi) is 7.07. The predicted molar refractivity (Wildman–Crippen MR) is 136 cm³/mol. The van der Waals surface area contributed by atoms with E-state index in [2.05, 4.69) is 22.4 Å². The molecule has 1 atom stereocenters. The van der Waals surface area contributed by atoms with Crippen LogP contribution < -0.4 is 15.1 Å². The van der Waals surface area contributed by atoms with Crippen molar-refractivity contribution < 1.29 is 32.8 Å². The molecule has 0 saturated heterocycles. The van der Waals surface area contributed by atoms with Gasteiger partial charge in [0.1, 0.15) is 6.20 Å². The van der Waals surface area contributed by atoms with Crippen molar-refractivity contribution in [3.05, 3.63) is 83.8 Å². The average molecular weight is 526 g/mol. The van der Waals surface area contributed by atoms with Crippen molar-refractivity contribution in [3.8, 4) is 0 Å². The van der Waals surface area contributed by atoms with E-state index in [0.29, 0.717) is 18.4 Å². The van der Waals surface area contributed by atoms with Gasteiger partial charge in [-0.05, 0) is 67.3 Å². The number of amides is 1. The summed E-state index contributed by atoms with van der Waals surface area (Å²) in [6, 6.07) is 13.2. The van der Waals surface area contributed by atoms with Gasteiger partial charge >= 0.3 is 12.1 Å². The van der Waals surface area contributed by atoms with E-state index in [0.717, 1.165) is 42.3 Å². The van der Waals surface area contributed by atoms with Gasteiger partial charge in [0.05, 0.1) is 11.3 Å². The van der Waals surface area contributed by atoms with Gasteiger partial charge in [-0.15, -0.1) is 0 Å². The first kappa shape index (κ1) is 25.7. The molecule has 2 heterocycles. The molecule has 2 aliphatic heterocycles. The highest BCUT2D eigenvalue weighted by Gasteiger charge is 2.35. The summed E-state index contributed by atoms with van der Waals surface area (Å²) in [4.78, 5) is 30.8. The van der Waals surface area contributed by atoms with E-state index in [1.54, 1.807) is 12.3 Å². The second-order valence-electron chi connectivity index (χ2n) is 9.90. The molecule has 10 heteroatoms. The third kappa shape index (κ3) is 5.65. The number of carbonyl (C=O) groups excluding carboxylic acids is 1. The van der Waals surface area contributed by atoms with Crippen molar-refractivity contribution in [2.45, 2.75) is 44.2 Å². The van der Waals surface area contributed by atoms with E-state index >= 15 is 0 Å². The summed E-state index contributed by atoms with van der Waals surface area (Å²) < 4.78 is 39.8. The molecule has 1 saturated carbocycles. The number of hydrogen-bond donors (Lipinski definition) is 3. The molecule has 3 aliphatic rings. The molecule has 0 aromatic heterocycles. The van der Waals surface area contributed by atoms with Crippen LogP contribution in [0.2, 0.25) is 0 Å². The largest absolute Gasteiger partial charge is 0.481 e. The van der Waals surface area contributed by atoms with Crippen LogP contribution in [0.25, 0.3) is 0 Å². The van der Waals surface area contributed by atoms with Crippen LogP contribution in [0, 0.1) is 5.92 Å². The molecule has 38 heavy (non-hydrogen) atoms. The Morgan fingerprint density at radius 2 is 1.76 bits per heavy atom. The fourth-order valence-corrected chi connectivity index (χ4v) is 5.34. The molecule has 0 radical (unpaired) electrons. The molecule has 3 N–H and O–H groups in total. The summed E-state index contributed by atoms with van der Waals surface area (Å²) in [6.45, 7) is 0.477. The van der Waals surface area contributed by atoms with Crippen molar-refractivity contribution in [2.24, 2.45) is 10.9 Å². The Labute approximate surface area is 218 Å². The lowest BCUT2D eigenvalue weighted by atomic mass is 9.77. The molecule has 7 nitrogen and oxygen atoms in total. The van der Waals surface area contributed by atoms with Crippen LogP contribution in [-0.2, 0) is 15.8 Å². The number of aliphatic carboxylic acids is 1. The predicted octanol–water partition coefficient (Wildman–Crippen LogP) is 4.52. The first-order valence-corrected chi connectivity index (χ1v) is 12.6. The lowest BCUT2D eigenvalue weighted by molar-refractivity contribution is -0.742. The highest BCUT2D eigenvalue weighted by molar-refractivity contribution is 6.07. The van der Waals surface area contributed by atoms with Crippen molar-refractivity contribution >= 4 is 29.1 Å². The number of aliphatic imine (C=N–C) groups is 1. The van der Waals surface area contributed by atoms with Gasteiger partial charge in [0, 0.05) is 24.4 Å². The normalized spacial score (nSPS) is 22.9. The Bertz CT molecular complexity index is 1310. The van der Waals surface area contributed by atoms with E-state index in [1.807, 2.05) is 23.2 Å². The zero-order valence-electron chi connectivity index (χ0n) is 20.5. The van der Waals surface area contributed by atoms with Crippen molar-refractivity contribution in [1.29, 1.82) is 0 Å². The smallest absolute Gasteiger partial charge is 0.418 e. The van der Waals surface area contributed by atoms with E-state index < -0.39 is 23.6 Å². The molecule has 1 aliphatic carbocycles. The second kappa shape index (κ2) is 10.4. The molecule has 0 bridgehead atoms. The first-order chi connectivity index (χ1) is 18.2. The number of carbonyl (C=O) groups is 2. The number of hydrogen-bond acceptors (Lipinski definition) is 4. The standard InChI is InChI=1S/C28H27F3N4O3/c29-28(30,31)22-3-1-2-4-23(22)33-27(38)24-16-35-17-34(14-13-25(35)32-24)21-11-9-20(10-12-21)19-7-5-18(6-8-19)15-26(36)37/h1-4,9-14,16,18-19H,5-8,15,17H2,(H,33,38)(H,36,37)/p+1. The number of anilines is 2. The van der Waals surface area contributed by atoms with Crippen LogP contribution >= 0.6 is 0 Å². The molecular weight excluding hydrogens is 497 g/mol. The van der Waals surface area contributed by atoms with Gasteiger partial charge in [-0.2, -0.15) is 18.2 Å². The fraction of sp³-hybridized carbons (Fsp3) is 0.321. The van der Waals surface area contributed by atoms with Gasteiger partial charge in [0.2, 0.25) is 5.84 Å². The van der Waals surface area contributed by atoms with Crippen LogP contribution in [0.1, 0.15) is 49.1 Å². The van der Waals surface area contributed by atoms with Crippen molar-refractivity contribution in [3.63, 3.8) is 0 Å². The third-order valence-electron chi connectivity index (χ3n) is 7.35. The number of halogens is 3. The van der Waals surface area contributed by atoms with Gasteiger partial charge in [0.15, 0.2) is 12.4 Å². The highest BCUT2D eigenvalue weighted by atomic mass is 19.4. The Balaban J connectivity index is 1.21. The minimum Gasteiger partial charge on any atom is -0.481 e. The molecule has 2 aromatic carbocycles. The Morgan fingerprint density at radius 1 is 1.05 bits per heavy atom. The molecule has 2 aromatic rings. The van der Waals surface area contributed by atoms with Gasteiger partial charge in [-0.3, -0.25) is 14.5 Å². The number of benzene rings is 2. The number of carboxylic acids is 1. The Morgan fingerprint density at radius 3 is 2.45 bits per heavy atom. The molecule has 5 rings (SSSR count). The summed E-state index contributed by atoms with van der Waals surface area (Å²) in [5, 5.41) is 11.4. The van der Waals surface area contributed by atoms with Crippen molar-refractivity contribution in [2.75, 3.05) is 16.9 Å². The van der Waals surface area contributed by atoms with Crippen LogP contribution in [0.15, 0.2) is 77.7 Å². The van der Waals surface area contributed by atoms with Gasteiger partial charge in [-0.25, -0.2) is 4.90 Å². The lowest BCUT2D eigenvalue weighted by Crippen LogP contribution is -3.11. The topological polar surface area (TPSA) is 86.4 Å². The summed E-state index contributed by atoms with van der Waals surface area (Å²) in [6.07, 6.45) is 4.77. The Hall–Kier alpha value is -3.92. The minimum absolute atomic E-state index is 0.0623. The molecule has 0 spiro atoms. The number of carboxylic acid groups (broad SMARTS) is 1. The number of quaternary nitrogens is 1. The third-order valence-corrected chi connectivity index (χ3v) is 7.35. The molecule has 1 unspecified atom stereocenters. The number of amidine groups is 1. The molecule has 1 fully saturated rings. The second-order valence-corrected chi connectivity index (χ2v) is 9.90. The quantitative estimate of drug-likeness (QED) is 0.518. The van der Waals surface area contributed by atoms with Crippen LogP contribution in [-0.4, -0.2) is 29.5 Å². The van der Waals surface area contributed by atoms with E-state index in [-0.39, 0.29) is 23.7 Å². The number of alkyl halides is 3. The zero-order valence-corrected chi connectivity index (χ0v) is 20.5. The average Bonchev–Trinajstić information content (AvgIpc) is 3.32. The molecular formula is C28H28F3N4O3+.